The van der Waals surface area contributed by atoms with Crippen LogP contribution >= 0.6 is 7.60 Å². The van der Waals surface area contributed by atoms with E-state index in [0.29, 0.717) is 23.8 Å². The zero-order valence-corrected chi connectivity index (χ0v) is 13.8. The van der Waals surface area contributed by atoms with Crippen LogP contribution in [0, 0.1) is 5.92 Å². The number of para-hydroxylation sites is 2. The first kappa shape index (κ1) is 16.6. The second-order valence-corrected chi connectivity index (χ2v) is 7.65. The van der Waals surface area contributed by atoms with E-state index in [2.05, 4.69) is 0 Å². The molecule has 2 rings (SSSR count). The molecule has 2 aromatic carbocycles. The summed E-state index contributed by atoms with van der Waals surface area (Å²) in [5.74, 6) is 0.580. The number of nitrogens with two attached hydrogens (primary N) is 1. The molecule has 1 atom stereocenters. The Morgan fingerprint density at radius 2 is 1.32 bits per heavy atom. The summed E-state index contributed by atoms with van der Waals surface area (Å²) >= 11 is 0. The molecule has 2 aromatic rings. The van der Waals surface area contributed by atoms with Crippen molar-refractivity contribution in [1.29, 1.82) is 0 Å². The lowest BCUT2D eigenvalue weighted by atomic mass is 10.1. The summed E-state index contributed by atoms with van der Waals surface area (Å²) in [5, 5.41) is 0. The zero-order valence-electron chi connectivity index (χ0n) is 12.9. The molecule has 0 fully saturated rings. The number of hydrogen-bond acceptors (Lipinski definition) is 4. The normalized spacial score (nSPS) is 12.9. The van der Waals surface area contributed by atoms with Crippen molar-refractivity contribution in [3.63, 3.8) is 0 Å². The lowest BCUT2D eigenvalue weighted by Crippen LogP contribution is -2.27. The third-order valence-electron chi connectivity index (χ3n) is 3.07. The van der Waals surface area contributed by atoms with Crippen molar-refractivity contribution in [2.24, 2.45) is 11.7 Å². The number of hydrogen-bond donors (Lipinski definition) is 1. The van der Waals surface area contributed by atoms with Gasteiger partial charge in [-0.1, -0.05) is 50.2 Å². The first-order chi connectivity index (χ1) is 10.5. The Bertz CT molecular complexity index is 571. The Labute approximate surface area is 131 Å². The summed E-state index contributed by atoms with van der Waals surface area (Å²) in [5.41, 5.74) is 6.14. The van der Waals surface area contributed by atoms with Crippen LogP contribution in [0.2, 0.25) is 0 Å². The Balaban J connectivity index is 2.25. The molecule has 0 amide bonds. The Morgan fingerprint density at radius 1 is 0.909 bits per heavy atom. The van der Waals surface area contributed by atoms with Crippen LogP contribution in [0.25, 0.3) is 0 Å². The highest BCUT2D eigenvalue weighted by Gasteiger charge is 2.37. The van der Waals surface area contributed by atoms with E-state index < -0.39 is 13.4 Å². The predicted octanol–water partition coefficient (Wildman–Crippen LogP) is 4.67. The fourth-order valence-corrected chi connectivity index (χ4v) is 3.84. The van der Waals surface area contributed by atoms with Crippen molar-refractivity contribution in [3.8, 4) is 11.5 Å². The van der Waals surface area contributed by atoms with Gasteiger partial charge in [-0.3, -0.25) is 0 Å². The van der Waals surface area contributed by atoms with E-state index in [1.54, 1.807) is 24.3 Å². The second kappa shape index (κ2) is 7.48. The Morgan fingerprint density at radius 3 is 1.68 bits per heavy atom. The highest BCUT2D eigenvalue weighted by molar-refractivity contribution is 7.55. The molecule has 0 saturated heterocycles. The molecule has 2 N–H and O–H groups in total. The van der Waals surface area contributed by atoms with Crippen LogP contribution in [-0.4, -0.2) is 5.78 Å². The first-order valence-electron chi connectivity index (χ1n) is 7.34. The van der Waals surface area contributed by atoms with E-state index in [1.165, 1.54) is 0 Å². The lowest BCUT2D eigenvalue weighted by Gasteiger charge is -2.26. The topological polar surface area (TPSA) is 61.6 Å². The van der Waals surface area contributed by atoms with Crippen LogP contribution in [0.1, 0.15) is 20.3 Å². The van der Waals surface area contributed by atoms with Crippen molar-refractivity contribution < 1.29 is 13.6 Å². The van der Waals surface area contributed by atoms with Crippen molar-refractivity contribution >= 4 is 7.60 Å². The Hall–Kier alpha value is -1.77. The summed E-state index contributed by atoms with van der Waals surface area (Å²) in [6, 6.07) is 17.9. The molecule has 0 saturated carbocycles. The number of benzene rings is 2. The van der Waals surface area contributed by atoms with Gasteiger partial charge in [0, 0.05) is 0 Å². The molecule has 0 spiro atoms. The zero-order chi connectivity index (χ0) is 16.0. The maximum atomic E-state index is 13.2. The van der Waals surface area contributed by atoms with Crippen molar-refractivity contribution in [2.75, 3.05) is 0 Å². The van der Waals surface area contributed by atoms with Crippen LogP contribution in [0.5, 0.6) is 11.5 Å². The SMILES string of the molecule is CC(C)C[C@@H](N)P(=O)(Oc1ccccc1)Oc1ccccc1. The standard InChI is InChI=1S/C17H22NO3P/c1-14(2)13-17(18)22(19,20-15-9-5-3-6-10-15)21-16-11-7-4-8-12-16/h3-12,14,17H,13,18H2,1-2H3/t17-/m0/s1. The minimum Gasteiger partial charge on any atom is -0.415 e. The van der Waals surface area contributed by atoms with Gasteiger partial charge in [-0.2, -0.15) is 0 Å². The average molecular weight is 319 g/mol. The van der Waals surface area contributed by atoms with Gasteiger partial charge < -0.3 is 14.8 Å². The van der Waals surface area contributed by atoms with Crippen LogP contribution in [0.4, 0.5) is 0 Å². The monoisotopic (exact) mass is 319 g/mol. The molecule has 0 bridgehead atoms. The van der Waals surface area contributed by atoms with E-state index in [1.807, 2.05) is 50.2 Å². The van der Waals surface area contributed by atoms with Crippen LogP contribution in [0.3, 0.4) is 0 Å². The molecule has 0 unspecified atom stereocenters. The molecule has 118 valence electrons. The molecule has 0 aromatic heterocycles. The van der Waals surface area contributed by atoms with Gasteiger partial charge in [0.2, 0.25) is 0 Å². The van der Waals surface area contributed by atoms with Crippen LogP contribution in [0.15, 0.2) is 60.7 Å². The molecule has 0 aliphatic carbocycles. The number of rotatable bonds is 7. The molecule has 0 aliphatic rings. The highest BCUT2D eigenvalue weighted by Crippen LogP contribution is 2.52. The second-order valence-electron chi connectivity index (χ2n) is 5.55. The smallest absolute Gasteiger partial charge is 0.415 e. The van der Waals surface area contributed by atoms with Gasteiger partial charge in [0.25, 0.3) is 0 Å². The molecular weight excluding hydrogens is 297 g/mol. The van der Waals surface area contributed by atoms with Crippen LogP contribution < -0.4 is 14.8 Å². The van der Waals surface area contributed by atoms with Crippen LogP contribution in [-0.2, 0) is 4.57 Å². The largest absolute Gasteiger partial charge is 0.447 e. The molecule has 22 heavy (non-hydrogen) atoms. The molecular formula is C17H22NO3P. The van der Waals surface area contributed by atoms with Crippen molar-refractivity contribution in [2.45, 2.75) is 26.1 Å². The average Bonchev–Trinajstić information content (AvgIpc) is 2.48. The van der Waals surface area contributed by atoms with Gasteiger partial charge in [0.15, 0.2) is 0 Å². The van der Waals surface area contributed by atoms with E-state index in [0.717, 1.165) is 0 Å². The minimum absolute atomic E-state index is 0.294. The predicted molar refractivity (Wildman–Crippen MR) is 89.2 cm³/mol. The lowest BCUT2D eigenvalue weighted by molar-refractivity contribution is 0.361. The van der Waals surface area contributed by atoms with E-state index in [4.69, 9.17) is 14.8 Å². The highest BCUT2D eigenvalue weighted by atomic mass is 31.2. The third-order valence-corrected chi connectivity index (χ3v) is 5.02. The van der Waals surface area contributed by atoms with E-state index >= 15 is 0 Å². The molecule has 0 radical (unpaired) electrons. The summed E-state index contributed by atoms with van der Waals surface area (Å²) < 4.78 is 24.6. The fraction of sp³-hybridized carbons (Fsp3) is 0.294. The van der Waals surface area contributed by atoms with Gasteiger partial charge >= 0.3 is 7.60 Å². The fourth-order valence-electron chi connectivity index (χ4n) is 2.02. The van der Waals surface area contributed by atoms with Gasteiger partial charge in [-0.25, -0.2) is 4.57 Å². The van der Waals surface area contributed by atoms with Crippen molar-refractivity contribution in [3.05, 3.63) is 60.7 Å². The molecule has 0 heterocycles. The summed E-state index contributed by atoms with van der Waals surface area (Å²) in [6.45, 7) is 4.05. The van der Waals surface area contributed by atoms with Crippen molar-refractivity contribution in [1.82, 2.24) is 0 Å². The summed E-state index contributed by atoms with van der Waals surface area (Å²) in [6.07, 6.45) is 0.553. The first-order valence-corrected chi connectivity index (χ1v) is 8.95. The van der Waals surface area contributed by atoms with E-state index in [-0.39, 0.29) is 0 Å². The summed E-state index contributed by atoms with van der Waals surface area (Å²) in [4.78, 5) is 0. The molecule has 5 heteroatoms. The minimum atomic E-state index is -3.53. The molecule has 0 aliphatic heterocycles. The Kier molecular flexibility index (Phi) is 5.64. The van der Waals surface area contributed by atoms with Gasteiger partial charge in [-0.15, -0.1) is 0 Å². The van der Waals surface area contributed by atoms with E-state index in [9.17, 15) is 4.57 Å². The quantitative estimate of drug-likeness (QED) is 0.753. The summed E-state index contributed by atoms with van der Waals surface area (Å²) in [7, 11) is -3.53. The maximum Gasteiger partial charge on any atom is 0.447 e. The maximum absolute atomic E-state index is 13.2. The third kappa shape index (κ3) is 4.62. The van der Waals surface area contributed by atoms with Gasteiger partial charge in [0.1, 0.15) is 17.3 Å². The van der Waals surface area contributed by atoms with Gasteiger partial charge in [-0.05, 0) is 36.6 Å². The van der Waals surface area contributed by atoms with Gasteiger partial charge in [0.05, 0.1) is 0 Å². The molecule has 4 nitrogen and oxygen atoms in total.